The highest BCUT2D eigenvalue weighted by Crippen LogP contribution is 2.35. The zero-order valence-electron chi connectivity index (χ0n) is 14.3. The summed E-state index contributed by atoms with van der Waals surface area (Å²) >= 11 is 6.07. The molecular weight excluding hydrogens is 356 g/mol. The highest BCUT2D eigenvalue weighted by atomic mass is 35.5. The molecule has 2 aromatic carbocycles. The number of carbonyl (C=O) groups is 1. The number of nitrogens with zero attached hydrogens (tertiary/aromatic N) is 1. The fraction of sp³-hybridized carbons (Fsp3) is 0.158. The molecule has 0 spiro atoms. The highest BCUT2D eigenvalue weighted by molar-refractivity contribution is 6.32. The third-order valence-electron chi connectivity index (χ3n) is 3.71. The van der Waals surface area contributed by atoms with Crippen molar-refractivity contribution in [2.75, 3.05) is 19.5 Å². The van der Waals surface area contributed by atoms with Gasteiger partial charge >= 0.3 is 0 Å². The van der Waals surface area contributed by atoms with Crippen molar-refractivity contribution in [3.63, 3.8) is 0 Å². The van der Waals surface area contributed by atoms with Crippen molar-refractivity contribution in [1.82, 2.24) is 5.16 Å². The first kappa shape index (κ1) is 17.8. The maximum absolute atomic E-state index is 12.4. The van der Waals surface area contributed by atoms with Crippen LogP contribution in [0.25, 0.3) is 11.3 Å². The first-order valence-electron chi connectivity index (χ1n) is 7.83. The maximum atomic E-state index is 12.4. The lowest BCUT2D eigenvalue weighted by molar-refractivity contribution is -0.115. The first-order valence-corrected chi connectivity index (χ1v) is 8.21. The summed E-state index contributed by atoms with van der Waals surface area (Å²) in [6.45, 7) is 0. The van der Waals surface area contributed by atoms with Crippen LogP contribution in [0, 0.1) is 0 Å². The number of methoxy groups -OCH3 is 2. The van der Waals surface area contributed by atoms with E-state index < -0.39 is 0 Å². The van der Waals surface area contributed by atoms with E-state index in [0.717, 1.165) is 5.56 Å². The van der Waals surface area contributed by atoms with Gasteiger partial charge < -0.3 is 19.3 Å². The van der Waals surface area contributed by atoms with E-state index >= 15 is 0 Å². The van der Waals surface area contributed by atoms with Crippen LogP contribution < -0.4 is 14.8 Å². The van der Waals surface area contributed by atoms with Crippen molar-refractivity contribution in [3.8, 4) is 22.8 Å². The summed E-state index contributed by atoms with van der Waals surface area (Å²) in [5, 5.41) is 7.12. The molecule has 134 valence electrons. The molecule has 1 aromatic heterocycles. The number of benzene rings is 2. The summed E-state index contributed by atoms with van der Waals surface area (Å²) in [6.07, 6.45) is 0.0600. The van der Waals surface area contributed by atoms with Crippen LogP contribution in [0.3, 0.4) is 0 Å². The summed E-state index contributed by atoms with van der Waals surface area (Å²) in [5.74, 6) is 1.23. The molecule has 1 amide bonds. The van der Waals surface area contributed by atoms with Crippen LogP contribution in [0.15, 0.2) is 53.1 Å². The maximum Gasteiger partial charge on any atom is 0.230 e. The quantitative estimate of drug-likeness (QED) is 0.702. The van der Waals surface area contributed by atoms with E-state index in [1.54, 1.807) is 18.2 Å². The second-order valence-electron chi connectivity index (χ2n) is 5.46. The van der Waals surface area contributed by atoms with Crippen molar-refractivity contribution in [2.24, 2.45) is 0 Å². The molecule has 0 saturated carbocycles. The first-order chi connectivity index (χ1) is 12.6. The summed E-state index contributed by atoms with van der Waals surface area (Å²) in [6, 6.07) is 14.5. The van der Waals surface area contributed by atoms with Gasteiger partial charge in [-0.15, -0.1) is 0 Å². The van der Waals surface area contributed by atoms with Gasteiger partial charge in [-0.3, -0.25) is 4.79 Å². The zero-order valence-corrected chi connectivity index (χ0v) is 15.0. The van der Waals surface area contributed by atoms with Gasteiger partial charge in [0.25, 0.3) is 0 Å². The predicted molar refractivity (Wildman–Crippen MR) is 98.8 cm³/mol. The molecule has 0 bridgehead atoms. The van der Waals surface area contributed by atoms with Crippen LogP contribution in [0.1, 0.15) is 5.69 Å². The zero-order chi connectivity index (χ0) is 18.5. The van der Waals surface area contributed by atoms with Crippen LogP contribution in [0.2, 0.25) is 5.02 Å². The Morgan fingerprint density at radius 2 is 1.85 bits per heavy atom. The molecule has 0 saturated heterocycles. The predicted octanol–water partition coefficient (Wildman–Crippen LogP) is 4.19. The van der Waals surface area contributed by atoms with E-state index in [0.29, 0.717) is 33.7 Å². The van der Waals surface area contributed by atoms with Crippen LogP contribution >= 0.6 is 11.6 Å². The number of carbonyl (C=O) groups excluding carboxylic acids is 1. The van der Waals surface area contributed by atoms with E-state index in [4.69, 9.17) is 25.6 Å². The topological polar surface area (TPSA) is 73.6 Å². The molecule has 0 aliphatic rings. The second kappa shape index (κ2) is 7.93. The largest absolute Gasteiger partial charge is 0.495 e. The second-order valence-corrected chi connectivity index (χ2v) is 5.87. The Kier molecular flexibility index (Phi) is 5.43. The van der Waals surface area contributed by atoms with Crippen LogP contribution in [-0.4, -0.2) is 25.3 Å². The monoisotopic (exact) mass is 372 g/mol. The SMILES string of the molecule is COc1cc(NC(=O)Cc2cc(-c3ccccc3)on2)c(OC)cc1Cl. The number of nitrogens with one attached hydrogen (secondary N) is 1. The van der Waals surface area contributed by atoms with Crippen molar-refractivity contribution >= 4 is 23.2 Å². The molecule has 3 aromatic rings. The minimum atomic E-state index is -0.263. The molecule has 0 fully saturated rings. The Morgan fingerprint density at radius 3 is 2.54 bits per heavy atom. The molecule has 1 heterocycles. The summed E-state index contributed by atoms with van der Waals surface area (Å²) < 4.78 is 15.7. The minimum Gasteiger partial charge on any atom is -0.495 e. The number of anilines is 1. The normalized spacial score (nSPS) is 10.4. The van der Waals surface area contributed by atoms with Crippen molar-refractivity contribution in [2.45, 2.75) is 6.42 Å². The lowest BCUT2D eigenvalue weighted by Gasteiger charge is -2.12. The third-order valence-corrected chi connectivity index (χ3v) is 4.00. The van der Waals surface area contributed by atoms with Crippen LogP contribution in [0.4, 0.5) is 5.69 Å². The van der Waals surface area contributed by atoms with Gasteiger partial charge in [-0.05, 0) is 0 Å². The fourth-order valence-corrected chi connectivity index (χ4v) is 2.68. The van der Waals surface area contributed by atoms with Gasteiger partial charge in [-0.25, -0.2) is 0 Å². The Bertz CT molecular complexity index is 909. The van der Waals surface area contributed by atoms with Gasteiger partial charge in [0.1, 0.15) is 11.5 Å². The number of hydrogen-bond acceptors (Lipinski definition) is 5. The minimum absolute atomic E-state index is 0.0600. The Labute approximate surface area is 155 Å². The Morgan fingerprint density at radius 1 is 1.12 bits per heavy atom. The van der Waals surface area contributed by atoms with Gasteiger partial charge in [-0.1, -0.05) is 47.1 Å². The van der Waals surface area contributed by atoms with Crippen molar-refractivity contribution in [1.29, 1.82) is 0 Å². The van der Waals surface area contributed by atoms with E-state index in [9.17, 15) is 4.79 Å². The average molecular weight is 373 g/mol. The molecule has 6 nitrogen and oxygen atoms in total. The molecule has 0 radical (unpaired) electrons. The van der Waals surface area contributed by atoms with Crippen LogP contribution in [-0.2, 0) is 11.2 Å². The third kappa shape index (κ3) is 3.97. The number of ether oxygens (including phenoxy) is 2. The van der Waals surface area contributed by atoms with Gasteiger partial charge in [-0.2, -0.15) is 0 Å². The molecule has 0 unspecified atom stereocenters. The molecule has 7 heteroatoms. The Balaban J connectivity index is 1.73. The number of aromatic nitrogens is 1. The molecule has 0 aliphatic heterocycles. The average Bonchev–Trinajstić information content (AvgIpc) is 3.11. The molecule has 1 N–H and O–H groups in total. The van der Waals surface area contributed by atoms with Gasteiger partial charge in [0, 0.05) is 23.8 Å². The smallest absolute Gasteiger partial charge is 0.230 e. The van der Waals surface area contributed by atoms with Gasteiger partial charge in [0.05, 0.1) is 37.0 Å². The lowest BCUT2D eigenvalue weighted by atomic mass is 10.1. The summed E-state index contributed by atoms with van der Waals surface area (Å²) in [5.41, 5.74) is 1.89. The van der Waals surface area contributed by atoms with Crippen LogP contribution in [0.5, 0.6) is 11.5 Å². The molecule has 26 heavy (non-hydrogen) atoms. The Hall–Kier alpha value is -2.99. The van der Waals surface area contributed by atoms with Gasteiger partial charge in [0.2, 0.25) is 5.91 Å². The highest BCUT2D eigenvalue weighted by Gasteiger charge is 2.15. The number of hydrogen-bond donors (Lipinski definition) is 1. The summed E-state index contributed by atoms with van der Waals surface area (Å²) in [4.78, 5) is 12.4. The van der Waals surface area contributed by atoms with Gasteiger partial charge in [0.15, 0.2) is 5.76 Å². The van der Waals surface area contributed by atoms with E-state index in [1.807, 2.05) is 30.3 Å². The fourth-order valence-electron chi connectivity index (χ4n) is 2.45. The lowest BCUT2D eigenvalue weighted by Crippen LogP contribution is -2.15. The van der Waals surface area contributed by atoms with E-state index in [2.05, 4.69) is 10.5 Å². The van der Waals surface area contributed by atoms with E-state index in [1.165, 1.54) is 14.2 Å². The summed E-state index contributed by atoms with van der Waals surface area (Å²) in [7, 11) is 3.00. The molecule has 0 atom stereocenters. The number of halogens is 1. The standard InChI is InChI=1S/C19H17ClN2O4/c1-24-17-11-15(18(25-2)10-14(17)20)21-19(23)9-13-8-16(26-22-13)12-6-4-3-5-7-12/h3-8,10-11H,9H2,1-2H3,(H,21,23). The van der Waals surface area contributed by atoms with E-state index in [-0.39, 0.29) is 12.3 Å². The molecule has 3 rings (SSSR count). The number of amides is 1. The molecule has 0 aliphatic carbocycles. The van der Waals surface area contributed by atoms with Crippen molar-refractivity contribution < 1.29 is 18.8 Å². The van der Waals surface area contributed by atoms with Crippen molar-refractivity contribution in [3.05, 3.63) is 59.2 Å². The molecular formula is C19H17ClN2O4. The number of rotatable bonds is 6.